The average Bonchev–Trinajstić information content (AvgIpc) is 2.46. The number of hydrogen-bond acceptors (Lipinski definition) is 2. The quantitative estimate of drug-likeness (QED) is 0.707. The topological polar surface area (TPSA) is 43.3 Å². The summed E-state index contributed by atoms with van der Waals surface area (Å²) in [6.07, 6.45) is -3.13. The lowest BCUT2D eigenvalue weighted by Crippen LogP contribution is -2.12. The molecule has 0 fully saturated rings. The monoisotopic (exact) mass is 201 g/mol. The van der Waals surface area contributed by atoms with E-state index < -0.39 is 11.9 Å². The molecule has 14 heavy (non-hydrogen) atoms. The van der Waals surface area contributed by atoms with Crippen LogP contribution in [-0.4, -0.2) is 9.38 Å². The highest BCUT2D eigenvalue weighted by Crippen LogP contribution is 2.30. The Hall–Kier alpha value is -1.72. The van der Waals surface area contributed by atoms with E-state index in [-0.39, 0.29) is 5.95 Å². The molecule has 0 spiro atoms. The van der Waals surface area contributed by atoms with Gasteiger partial charge in [-0.05, 0) is 12.1 Å². The number of fused-ring (bicyclic) bond motifs is 1. The second kappa shape index (κ2) is 2.63. The lowest BCUT2D eigenvalue weighted by Gasteiger charge is -2.09. The van der Waals surface area contributed by atoms with Gasteiger partial charge in [0.1, 0.15) is 5.69 Å². The first kappa shape index (κ1) is 8.86. The van der Waals surface area contributed by atoms with Crippen LogP contribution < -0.4 is 5.73 Å². The van der Waals surface area contributed by atoms with Crippen molar-refractivity contribution in [3.63, 3.8) is 0 Å². The Morgan fingerprint density at radius 2 is 2.00 bits per heavy atom. The minimum atomic E-state index is -4.42. The number of rotatable bonds is 0. The molecule has 2 N–H and O–H groups in total. The summed E-state index contributed by atoms with van der Waals surface area (Å²) in [6, 6.07) is 3.79. The largest absolute Gasteiger partial charge is 0.431 e. The van der Waals surface area contributed by atoms with Crippen LogP contribution in [0.3, 0.4) is 0 Å². The number of anilines is 1. The van der Waals surface area contributed by atoms with Crippen LogP contribution in [0.5, 0.6) is 0 Å². The van der Waals surface area contributed by atoms with E-state index in [0.29, 0.717) is 5.52 Å². The van der Waals surface area contributed by atoms with Crippen LogP contribution in [0.25, 0.3) is 5.52 Å². The Balaban J connectivity index is 2.82. The van der Waals surface area contributed by atoms with Gasteiger partial charge in [0, 0.05) is 0 Å². The number of alkyl halides is 3. The van der Waals surface area contributed by atoms with E-state index in [1.807, 2.05) is 0 Å². The zero-order valence-electron chi connectivity index (χ0n) is 6.92. The highest BCUT2D eigenvalue weighted by Gasteiger charge is 2.33. The third-order valence-electron chi connectivity index (χ3n) is 1.87. The summed E-state index contributed by atoms with van der Waals surface area (Å²) in [7, 11) is 0. The van der Waals surface area contributed by atoms with Crippen molar-refractivity contribution in [2.75, 3.05) is 5.73 Å². The Morgan fingerprint density at radius 3 is 2.64 bits per heavy atom. The Bertz CT molecular complexity index is 472. The number of hydrogen-bond donors (Lipinski definition) is 1. The van der Waals surface area contributed by atoms with Crippen molar-refractivity contribution in [3.8, 4) is 0 Å². The molecular formula is C8H6F3N3. The molecule has 0 atom stereocenters. The van der Waals surface area contributed by atoms with Crippen molar-refractivity contribution in [2.45, 2.75) is 6.18 Å². The smallest absolute Gasteiger partial charge is 0.369 e. The van der Waals surface area contributed by atoms with Gasteiger partial charge in [0.2, 0.25) is 5.95 Å². The molecule has 74 valence electrons. The van der Waals surface area contributed by atoms with Crippen LogP contribution in [0, 0.1) is 0 Å². The minimum absolute atomic E-state index is 0.159. The van der Waals surface area contributed by atoms with Crippen LogP contribution >= 0.6 is 0 Å². The van der Waals surface area contributed by atoms with Gasteiger partial charge >= 0.3 is 6.18 Å². The van der Waals surface area contributed by atoms with Crippen LogP contribution in [-0.2, 0) is 6.18 Å². The minimum Gasteiger partial charge on any atom is -0.369 e. The number of aromatic nitrogens is 2. The highest BCUT2D eigenvalue weighted by atomic mass is 19.4. The van der Waals surface area contributed by atoms with E-state index in [1.165, 1.54) is 18.3 Å². The van der Waals surface area contributed by atoms with Crippen molar-refractivity contribution < 1.29 is 13.2 Å². The Morgan fingerprint density at radius 1 is 1.29 bits per heavy atom. The van der Waals surface area contributed by atoms with Gasteiger partial charge in [-0.3, -0.25) is 4.40 Å². The third-order valence-corrected chi connectivity index (χ3v) is 1.87. The van der Waals surface area contributed by atoms with E-state index in [9.17, 15) is 13.2 Å². The van der Waals surface area contributed by atoms with Crippen molar-refractivity contribution in [1.29, 1.82) is 0 Å². The summed E-state index contributed by atoms with van der Waals surface area (Å²) < 4.78 is 38.3. The van der Waals surface area contributed by atoms with Crippen LogP contribution in [0.15, 0.2) is 24.4 Å². The molecular weight excluding hydrogens is 195 g/mol. The van der Waals surface area contributed by atoms with Crippen molar-refractivity contribution >= 4 is 11.5 Å². The van der Waals surface area contributed by atoms with E-state index in [0.717, 1.165) is 10.5 Å². The van der Waals surface area contributed by atoms with E-state index in [2.05, 4.69) is 4.98 Å². The van der Waals surface area contributed by atoms with Crippen molar-refractivity contribution in [1.82, 2.24) is 9.38 Å². The summed E-state index contributed by atoms with van der Waals surface area (Å²) in [5, 5.41) is 0. The molecule has 0 radical (unpaired) electrons. The van der Waals surface area contributed by atoms with Gasteiger partial charge in [0.05, 0.1) is 11.7 Å². The lowest BCUT2D eigenvalue weighted by molar-refractivity contribution is -0.141. The number of pyridine rings is 1. The molecule has 2 aromatic rings. The summed E-state index contributed by atoms with van der Waals surface area (Å²) in [6.45, 7) is 0. The fraction of sp³-hybridized carbons (Fsp3) is 0.125. The highest BCUT2D eigenvalue weighted by molar-refractivity contribution is 5.52. The third kappa shape index (κ3) is 1.19. The molecule has 6 heteroatoms. The normalized spacial score (nSPS) is 12.2. The second-order valence-electron chi connectivity index (χ2n) is 2.79. The van der Waals surface area contributed by atoms with Gasteiger partial charge in [-0.2, -0.15) is 13.2 Å². The fourth-order valence-corrected chi connectivity index (χ4v) is 1.29. The standard InChI is InChI=1S/C8H6F3N3/c9-8(10,11)6-3-1-2-5-4-13-7(12)14(5)6/h1-4H,(H2,12,13). The first-order valence-electron chi connectivity index (χ1n) is 3.79. The SMILES string of the molecule is Nc1ncc2cccc(C(F)(F)F)n12. The predicted octanol–water partition coefficient (Wildman–Crippen LogP) is 1.94. The number of nitrogens with two attached hydrogens (primary N) is 1. The van der Waals surface area contributed by atoms with Gasteiger partial charge < -0.3 is 5.73 Å². The zero-order chi connectivity index (χ0) is 10.3. The molecule has 0 amide bonds. The molecule has 0 aliphatic rings. The van der Waals surface area contributed by atoms with Crippen LogP contribution in [0.2, 0.25) is 0 Å². The molecule has 2 heterocycles. The van der Waals surface area contributed by atoms with E-state index in [1.54, 1.807) is 0 Å². The summed E-state index contributed by atoms with van der Waals surface area (Å²) in [4.78, 5) is 3.61. The van der Waals surface area contributed by atoms with Crippen LogP contribution in [0.1, 0.15) is 5.69 Å². The molecule has 0 aliphatic carbocycles. The summed E-state index contributed by atoms with van der Waals surface area (Å²) in [5.74, 6) is -0.159. The Labute approximate surface area is 77.0 Å². The maximum absolute atomic E-state index is 12.5. The van der Waals surface area contributed by atoms with Gasteiger partial charge in [0.25, 0.3) is 0 Å². The maximum Gasteiger partial charge on any atom is 0.431 e. The van der Waals surface area contributed by atoms with Crippen LogP contribution in [0.4, 0.5) is 19.1 Å². The number of nitrogens with zero attached hydrogens (tertiary/aromatic N) is 2. The molecule has 0 saturated carbocycles. The Kier molecular flexibility index (Phi) is 1.67. The van der Waals surface area contributed by atoms with Gasteiger partial charge in [-0.15, -0.1) is 0 Å². The number of nitrogen functional groups attached to an aromatic ring is 1. The second-order valence-corrected chi connectivity index (χ2v) is 2.79. The average molecular weight is 201 g/mol. The molecule has 0 unspecified atom stereocenters. The first-order valence-corrected chi connectivity index (χ1v) is 3.79. The predicted molar refractivity (Wildman–Crippen MR) is 44.6 cm³/mol. The van der Waals surface area contributed by atoms with Gasteiger partial charge in [0.15, 0.2) is 0 Å². The molecule has 0 aliphatic heterocycles. The summed E-state index contributed by atoms with van der Waals surface area (Å²) in [5.41, 5.74) is 4.84. The van der Waals surface area contributed by atoms with Gasteiger partial charge in [-0.1, -0.05) is 6.07 Å². The molecule has 0 bridgehead atoms. The zero-order valence-corrected chi connectivity index (χ0v) is 6.92. The maximum atomic E-state index is 12.5. The fourth-order valence-electron chi connectivity index (χ4n) is 1.29. The van der Waals surface area contributed by atoms with Crippen molar-refractivity contribution in [2.24, 2.45) is 0 Å². The van der Waals surface area contributed by atoms with Crippen molar-refractivity contribution in [3.05, 3.63) is 30.1 Å². The first-order chi connectivity index (χ1) is 6.50. The summed E-state index contributed by atoms with van der Waals surface area (Å²) >= 11 is 0. The molecule has 2 aromatic heterocycles. The van der Waals surface area contributed by atoms with E-state index in [4.69, 9.17) is 5.73 Å². The number of halogens is 3. The van der Waals surface area contributed by atoms with E-state index >= 15 is 0 Å². The molecule has 2 rings (SSSR count). The molecule has 3 nitrogen and oxygen atoms in total. The molecule has 0 aromatic carbocycles. The molecule has 0 saturated heterocycles. The van der Waals surface area contributed by atoms with Gasteiger partial charge in [-0.25, -0.2) is 4.98 Å². The number of imidazole rings is 1. The lowest BCUT2D eigenvalue weighted by atomic mass is 10.3.